The Morgan fingerprint density at radius 3 is 1.35 bits per heavy atom. The number of nitro groups is 4. The van der Waals surface area contributed by atoms with Gasteiger partial charge in [0.1, 0.15) is 25.9 Å². The van der Waals surface area contributed by atoms with Gasteiger partial charge in [-0.25, -0.2) is 4.98 Å². The molecule has 0 radical (unpaired) electrons. The van der Waals surface area contributed by atoms with Gasteiger partial charge in [-0.05, 0) is 104 Å². The number of hydrogen-bond donors (Lipinski definition) is 2. The first-order valence-corrected chi connectivity index (χ1v) is 21.2. The molecule has 7 rings (SSSR count). The molecule has 5 aromatic rings. The van der Waals surface area contributed by atoms with Crippen molar-refractivity contribution in [2.75, 3.05) is 22.9 Å². The zero-order valence-corrected chi connectivity index (χ0v) is 36.2. The van der Waals surface area contributed by atoms with Gasteiger partial charge in [-0.2, -0.15) is 0 Å². The molecular weight excluding hydrogens is 904 g/mol. The monoisotopic (exact) mass is 941 g/mol. The minimum absolute atomic E-state index is 0.0422. The summed E-state index contributed by atoms with van der Waals surface area (Å²) in [7, 11) is 0. The summed E-state index contributed by atoms with van der Waals surface area (Å²) in [6, 6.07) is 21.2. The van der Waals surface area contributed by atoms with Crippen LogP contribution in [0.5, 0.6) is 0 Å². The highest BCUT2D eigenvalue weighted by Crippen LogP contribution is 2.49. The fourth-order valence-electron chi connectivity index (χ4n) is 7.82. The number of nitro benzene ring substituents is 4. The highest BCUT2D eigenvalue weighted by atomic mass is 35.5. The summed E-state index contributed by atoms with van der Waals surface area (Å²) >= 11 is 23.6. The Labute approximate surface area is 380 Å². The molecule has 0 aliphatic carbocycles. The molecule has 2 aliphatic rings. The summed E-state index contributed by atoms with van der Waals surface area (Å²) in [5.41, 5.74) is 1.97. The molecule has 0 spiro atoms. The molecule has 0 unspecified atom stereocenters. The van der Waals surface area contributed by atoms with Crippen molar-refractivity contribution < 1.29 is 29.9 Å². The molecule has 17 nitrogen and oxygen atoms in total. The van der Waals surface area contributed by atoms with E-state index < -0.39 is 31.9 Å². The van der Waals surface area contributed by atoms with E-state index in [0.29, 0.717) is 12.8 Å². The summed E-state index contributed by atoms with van der Waals surface area (Å²) < 4.78 is 0. The summed E-state index contributed by atoms with van der Waals surface area (Å²) in [5.74, 6) is 0.917. The fourth-order valence-corrected chi connectivity index (χ4v) is 8.57. The number of rotatable bonds is 13. The molecule has 0 bridgehead atoms. The summed E-state index contributed by atoms with van der Waals surface area (Å²) in [5, 5.41) is 65.4. The normalized spacial score (nSPS) is 17.0. The molecule has 3 heterocycles. The molecule has 330 valence electrons. The number of piperidine rings is 1. The van der Waals surface area contributed by atoms with Crippen LogP contribution in [0.4, 0.5) is 34.3 Å². The number of nitrogens with zero attached hydrogens (tertiary/aromatic N) is 7. The lowest BCUT2D eigenvalue weighted by molar-refractivity contribution is -0.385. The van der Waals surface area contributed by atoms with Crippen LogP contribution in [-0.2, 0) is 0 Å². The van der Waals surface area contributed by atoms with Crippen molar-refractivity contribution in [1.82, 2.24) is 4.98 Å². The van der Waals surface area contributed by atoms with E-state index in [0.717, 1.165) is 48.6 Å². The van der Waals surface area contributed by atoms with Crippen LogP contribution in [0.2, 0.25) is 20.1 Å². The van der Waals surface area contributed by atoms with Crippen LogP contribution in [0, 0.1) is 40.5 Å². The fraction of sp³-hybridized carbons (Fsp3) is 0.310. The largest absolute Gasteiger partial charge is 0.388 e. The zero-order chi connectivity index (χ0) is 45.5. The maximum absolute atomic E-state index is 11.6. The minimum Gasteiger partial charge on any atom is -0.388 e. The van der Waals surface area contributed by atoms with Gasteiger partial charge >= 0.3 is 0 Å². The molecule has 63 heavy (non-hydrogen) atoms. The van der Waals surface area contributed by atoms with Gasteiger partial charge < -0.3 is 20.0 Å². The molecule has 4 atom stereocenters. The SMILES string of the molecule is O=[N+]([O-])c1cc([C@@H]2CC[C@@H](c3ccc(Cl)c([N+](=O)[O-])c3)N2c2ccc(N3CCCCC3)nc2)ccc1Cl.O=[N+]([O-])c1cc([C@H](O)CC[C@@H](O)c2ccc(Cl)c([N+](=O)[O-])c2)ccc1Cl. The molecule has 1 aromatic heterocycles. The van der Waals surface area contributed by atoms with Crippen LogP contribution in [0.1, 0.15) is 91.5 Å². The van der Waals surface area contributed by atoms with Crippen LogP contribution in [-0.4, -0.2) is 48.0 Å². The van der Waals surface area contributed by atoms with E-state index >= 15 is 0 Å². The van der Waals surface area contributed by atoms with Crippen LogP contribution in [0.25, 0.3) is 0 Å². The molecule has 2 saturated heterocycles. The predicted molar refractivity (Wildman–Crippen MR) is 239 cm³/mol. The average molecular weight is 944 g/mol. The van der Waals surface area contributed by atoms with Gasteiger partial charge in [-0.1, -0.05) is 70.7 Å². The van der Waals surface area contributed by atoms with Crippen LogP contribution in [0.3, 0.4) is 0 Å². The van der Waals surface area contributed by atoms with Gasteiger partial charge in [-0.15, -0.1) is 0 Å². The molecule has 2 N–H and O–H groups in total. The maximum atomic E-state index is 11.6. The lowest BCUT2D eigenvalue weighted by Crippen LogP contribution is -2.30. The third-order valence-corrected chi connectivity index (χ3v) is 12.3. The number of benzene rings is 4. The van der Waals surface area contributed by atoms with Gasteiger partial charge in [0.2, 0.25) is 0 Å². The van der Waals surface area contributed by atoms with Crippen molar-refractivity contribution in [3.05, 3.63) is 174 Å². The van der Waals surface area contributed by atoms with Gasteiger partial charge in [0, 0.05) is 37.4 Å². The molecule has 21 heteroatoms. The second-order valence-corrected chi connectivity index (χ2v) is 16.5. The van der Waals surface area contributed by atoms with E-state index in [-0.39, 0.29) is 78.9 Å². The zero-order valence-electron chi connectivity index (χ0n) is 33.1. The molecule has 0 amide bonds. The standard InChI is InChI=1S/C26H25Cl2N5O4.C16H14Cl2N2O6/c27-20-7-4-17(14-24(20)32(34)35)22-9-10-23(18-5-8-21(28)25(15-18)33(36)37)31(22)19-6-11-26(29-16-19)30-12-2-1-3-13-30;17-11-3-1-9(7-13(11)19(23)24)15(21)5-6-16(22)10-2-4-12(18)14(8-10)20(25)26/h4-8,11,14-16,22-23H,1-3,9-10,12-13H2;1-4,7-8,15-16,21-22H,5-6H2/t22-,23-;15-,16-/m01/s1. The molecule has 2 fully saturated rings. The highest BCUT2D eigenvalue weighted by Gasteiger charge is 2.37. The summed E-state index contributed by atoms with van der Waals surface area (Å²) in [4.78, 5) is 51.8. The van der Waals surface area contributed by atoms with Crippen LogP contribution < -0.4 is 9.80 Å². The van der Waals surface area contributed by atoms with Gasteiger partial charge in [0.05, 0.1) is 55.9 Å². The maximum Gasteiger partial charge on any atom is 0.288 e. The number of halogens is 4. The Hall–Kier alpha value is -5.69. The van der Waals surface area contributed by atoms with E-state index in [4.69, 9.17) is 51.4 Å². The second kappa shape index (κ2) is 20.7. The molecule has 0 saturated carbocycles. The van der Waals surface area contributed by atoms with E-state index in [1.165, 1.54) is 55.0 Å². The number of aliphatic hydroxyl groups excluding tert-OH is 2. The molecule has 4 aromatic carbocycles. The van der Waals surface area contributed by atoms with Gasteiger partial charge in [0.25, 0.3) is 22.7 Å². The molecular formula is C42H39Cl4N7O10. The number of pyridine rings is 1. The van der Waals surface area contributed by atoms with Crippen LogP contribution >= 0.6 is 46.4 Å². The lowest BCUT2D eigenvalue weighted by Gasteiger charge is -2.34. The van der Waals surface area contributed by atoms with Crippen molar-refractivity contribution in [2.24, 2.45) is 0 Å². The first kappa shape index (κ1) is 46.8. The summed E-state index contributed by atoms with van der Waals surface area (Å²) in [6.45, 7) is 1.95. The predicted octanol–water partition coefficient (Wildman–Crippen LogP) is 11.6. The Bertz CT molecular complexity index is 2370. The number of hydrogen-bond acceptors (Lipinski definition) is 13. The quantitative estimate of drug-likeness (QED) is 0.0827. The van der Waals surface area contributed by atoms with Gasteiger partial charge in [-0.3, -0.25) is 40.5 Å². The Kier molecular flexibility index (Phi) is 15.3. The second-order valence-electron chi connectivity index (χ2n) is 14.9. The Morgan fingerprint density at radius 2 is 0.968 bits per heavy atom. The summed E-state index contributed by atoms with van der Waals surface area (Å²) in [6.07, 6.45) is 4.74. The van der Waals surface area contributed by atoms with Crippen molar-refractivity contribution in [2.45, 2.75) is 69.2 Å². The number of anilines is 2. The van der Waals surface area contributed by atoms with Crippen LogP contribution in [0.15, 0.2) is 91.1 Å². The third-order valence-electron chi connectivity index (χ3n) is 11.0. The smallest absolute Gasteiger partial charge is 0.288 e. The molecule has 2 aliphatic heterocycles. The van der Waals surface area contributed by atoms with Crippen molar-refractivity contribution in [3.63, 3.8) is 0 Å². The number of aliphatic hydroxyl groups is 2. The van der Waals surface area contributed by atoms with Crippen molar-refractivity contribution in [1.29, 1.82) is 0 Å². The first-order chi connectivity index (χ1) is 30.0. The Morgan fingerprint density at radius 1 is 0.571 bits per heavy atom. The first-order valence-electron chi connectivity index (χ1n) is 19.6. The van der Waals surface area contributed by atoms with E-state index in [1.54, 1.807) is 24.3 Å². The lowest BCUT2D eigenvalue weighted by atomic mass is 9.98. The van der Waals surface area contributed by atoms with E-state index in [1.807, 2.05) is 18.3 Å². The highest BCUT2D eigenvalue weighted by molar-refractivity contribution is 6.33. The van der Waals surface area contributed by atoms with E-state index in [2.05, 4.69) is 9.80 Å². The average Bonchev–Trinajstić information content (AvgIpc) is 3.71. The topological polar surface area (TPSA) is 232 Å². The van der Waals surface area contributed by atoms with Crippen molar-refractivity contribution >= 4 is 80.7 Å². The Balaban J connectivity index is 0.000000224. The number of aromatic nitrogens is 1. The minimum atomic E-state index is -1.07. The van der Waals surface area contributed by atoms with Crippen molar-refractivity contribution in [3.8, 4) is 0 Å². The van der Waals surface area contributed by atoms with Gasteiger partial charge in [0.15, 0.2) is 0 Å². The van der Waals surface area contributed by atoms with E-state index in [9.17, 15) is 50.7 Å². The third kappa shape index (κ3) is 11.1.